The average Bonchev–Trinajstić information content (AvgIpc) is 2.45. The van der Waals surface area contributed by atoms with E-state index >= 15 is 0 Å². The lowest BCUT2D eigenvalue weighted by Crippen LogP contribution is -2.43. The Balaban J connectivity index is 2.31. The van der Waals surface area contributed by atoms with E-state index in [4.69, 9.17) is 0 Å². The molecule has 1 unspecified atom stereocenters. The van der Waals surface area contributed by atoms with Crippen LogP contribution in [-0.4, -0.2) is 32.9 Å². The summed E-state index contributed by atoms with van der Waals surface area (Å²) in [5.41, 5.74) is 1.05. The van der Waals surface area contributed by atoms with Gasteiger partial charge in [-0.15, -0.1) is 0 Å². The molecule has 1 atom stereocenters. The molecule has 0 aromatic heterocycles. The van der Waals surface area contributed by atoms with E-state index in [1.807, 2.05) is 26.1 Å². The van der Waals surface area contributed by atoms with E-state index in [0.717, 1.165) is 18.4 Å². The first-order valence-electron chi connectivity index (χ1n) is 7.54. The topological polar surface area (TPSA) is 49.4 Å². The first kappa shape index (κ1) is 16.5. The summed E-state index contributed by atoms with van der Waals surface area (Å²) in [6.45, 7) is 7.51. The van der Waals surface area contributed by atoms with Gasteiger partial charge in [-0.05, 0) is 49.9 Å². The summed E-state index contributed by atoms with van der Waals surface area (Å²) in [6.07, 6.45) is 2.01. The van der Waals surface area contributed by atoms with Crippen molar-refractivity contribution in [3.63, 3.8) is 0 Å². The molecular formula is C16H26N2O2S. The smallest absolute Gasteiger partial charge is 0.243 e. The molecule has 1 aliphatic heterocycles. The molecule has 1 aromatic carbocycles. The Bertz CT molecular complexity index is 596. The standard InChI is InChI=1S/C16H26N2O2S/c1-13(17-4)14-7-5-8-15(11-14)21(19,20)18-10-6-9-16(2,3)12-18/h5,7-8,11,13,17H,6,9-10,12H2,1-4H3. The fourth-order valence-electron chi connectivity index (χ4n) is 2.83. The summed E-state index contributed by atoms with van der Waals surface area (Å²) in [4.78, 5) is 0.403. The lowest BCUT2D eigenvalue weighted by Gasteiger charge is -2.37. The summed E-state index contributed by atoms with van der Waals surface area (Å²) in [5, 5.41) is 3.14. The molecule has 21 heavy (non-hydrogen) atoms. The molecule has 0 bridgehead atoms. The van der Waals surface area contributed by atoms with Gasteiger partial charge >= 0.3 is 0 Å². The van der Waals surface area contributed by atoms with Gasteiger partial charge in [-0.25, -0.2) is 8.42 Å². The van der Waals surface area contributed by atoms with Gasteiger partial charge in [0.15, 0.2) is 0 Å². The van der Waals surface area contributed by atoms with Crippen LogP contribution in [-0.2, 0) is 10.0 Å². The molecule has 0 aliphatic carbocycles. The summed E-state index contributed by atoms with van der Waals surface area (Å²) in [6, 6.07) is 7.41. The summed E-state index contributed by atoms with van der Waals surface area (Å²) in [7, 11) is -1.52. The number of nitrogens with one attached hydrogen (secondary N) is 1. The maximum atomic E-state index is 12.8. The maximum absolute atomic E-state index is 12.8. The van der Waals surface area contributed by atoms with Gasteiger partial charge in [-0.2, -0.15) is 4.31 Å². The minimum atomic E-state index is -3.39. The van der Waals surface area contributed by atoms with Crippen LogP contribution in [0, 0.1) is 5.41 Å². The number of hydrogen-bond acceptors (Lipinski definition) is 3. The summed E-state index contributed by atoms with van der Waals surface area (Å²) >= 11 is 0. The minimum Gasteiger partial charge on any atom is -0.313 e. The Morgan fingerprint density at radius 3 is 2.67 bits per heavy atom. The fourth-order valence-corrected chi connectivity index (χ4v) is 4.56. The van der Waals surface area contributed by atoms with E-state index in [1.54, 1.807) is 16.4 Å². The number of nitrogens with zero attached hydrogens (tertiary/aromatic N) is 1. The van der Waals surface area contributed by atoms with Crippen molar-refractivity contribution in [1.82, 2.24) is 9.62 Å². The molecule has 0 spiro atoms. The summed E-state index contributed by atoms with van der Waals surface area (Å²) < 4.78 is 27.3. The molecule has 0 radical (unpaired) electrons. The molecule has 5 heteroatoms. The molecule has 4 nitrogen and oxygen atoms in total. The van der Waals surface area contributed by atoms with Crippen LogP contribution in [0.3, 0.4) is 0 Å². The third-order valence-corrected chi connectivity index (χ3v) is 6.14. The lowest BCUT2D eigenvalue weighted by molar-refractivity contribution is 0.187. The SMILES string of the molecule is CNC(C)c1cccc(S(=O)(=O)N2CCCC(C)(C)C2)c1. The molecule has 1 aromatic rings. The molecule has 1 fully saturated rings. The highest BCUT2D eigenvalue weighted by molar-refractivity contribution is 7.89. The van der Waals surface area contributed by atoms with Crippen LogP contribution in [0.4, 0.5) is 0 Å². The zero-order valence-corrected chi connectivity index (χ0v) is 14.2. The number of piperidine rings is 1. The highest BCUT2D eigenvalue weighted by Crippen LogP contribution is 2.32. The maximum Gasteiger partial charge on any atom is 0.243 e. The zero-order chi connectivity index (χ0) is 15.7. The number of rotatable bonds is 4. The quantitative estimate of drug-likeness (QED) is 0.930. The van der Waals surface area contributed by atoms with E-state index < -0.39 is 10.0 Å². The van der Waals surface area contributed by atoms with Crippen molar-refractivity contribution < 1.29 is 8.42 Å². The van der Waals surface area contributed by atoms with Crippen molar-refractivity contribution in [2.45, 2.75) is 44.6 Å². The van der Waals surface area contributed by atoms with Crippen molar-refractivity contribution in [2.24, 2.45) is 5.41 Å². The van der Waals surface area contributed by atoms with Gasteiger partial charge in [0.1, 0.15) is 0 Å². The van der Waals surface area contributed by atoms with Crippen LogP contribution in [0.5, 0.6) is 0 Å². The normalized spacial score (nSPS) is 21.1. The van der Waals surface area contributed by atoms with E-state index in [2.05, 4.69) is 19.2 Å². The van der Waals surface area contributed by atoms with Crippen molar-refractivity contribution in [1.29, 1.82) is 0 Å². The van der Waals surface area contributed by atoms with Crippen molar-refractivity contribution >= 4 is 10.0 Å². The number of hydrogen-bond donors (Lipinski definition) is 1. The van der Waals surface area contributed by atoms with Crippen LogP contribution in [0.25, 0.3) is 0 Å². The fraction of sp³-hybridized carbons (Fsp3) is 0.625. The third-order valence-electron chi connectivity index (χ3n) is 4.29. The van der Waals surface area contributed by atoms with Crippen molar-refractivity contribution in [3.05, 3.63) is 29.8 Å². The van der Waals surface area contributed by atoms with Gasteiger partial charge in [-0.1, -0.05) is 26.0 Å². The molecule has 0 amide bonds. The largest absolute Gasteiger partial charge is 0.313 e. The van der Waals surface area contributed by atoms with Crippen LogP contribution in [0.15, 0.2) is 29.2 Å². The van der Waals surface area contributed by atoms with Crippen molar-refractivity contribution in [2.75, 3.05) is 20.1 Å². The zero-order valence-electron chi connectivity index (χ0n) is 13.4. The first-order chi connectivity index (χ1) is 9.76. The third kappa shape index (κ3) is 3.65. The molecule has 2 rings (SSSR count). The Labute approximate surface area is 128 Å². The second kappa shape index (κ2) is 6.07. The van der Waals surface area contributed by atoms with E-state index in [0.29, 0.717) is 18.0 Å². The molecular weight excluding hydrogens is 284 g/mol. The van der Waals surface area contributed by atoms with E-state index in [-0.39, 0.29) is 11.5 Å². The second-order valence-electron chi connectivity index (χ2n) is 6.69. The van der Waals surface area contributed by atoms with E-state index in [1.165, 1.54) is 0 Å². The molecule has 1 aliphatic rings. The van der Waals surface area contributed by atoms with Gasteiger partial charge in [0.2, 0.25) is 10.0 Å². The van der Waals surface area contributed by atoms with Gasteiger partial charge in [0, 0.05) is 19.1 Å². The Morgan fingerprint density at radius 1 is 1.33 bits per heavy atom. The van der Waals surface area contributed by atoms with Crippen LogP contribution in [0.2, 0.25) is 0 Å². The molecule has 118 valence electrons. The van der Waals surface area contributed by atoms with Gasteiger partial charge < -0.3 is 5.32 Å². The van der Waals surface area contributed by atoms with Gasteiger partial charge in [0.25, 0.3) is 0 Å². The monoisotopic (exact) mass is 310 g/mol. The Morgan fingerprint density at radius 2 is 2.05 bits per heavy atom. The van der Waals surface area contributed by atoms with E-state index in [9.17, 15) is 8.42 Å². The van der Waals surface area contributed by atoms with Gasteiger partial charge in [-0.3, -0.25) is 0 Å². The highest BCUT2D eigenvalue weighted by Gasteiger charge is 2.34. The molecule has 1 heterocycles. The average molecular weight is 310 g/mol. The molecule has 0 saturated carbocycles. The van der Waals surface area contributed by atoms with Gasteiger partial charge in [0.05, 0.1) is 4.90 Å². The number of sulfonamides is 1. The lowest BCUT2D eigenvalue weighted by atomic mass is 9.85. The molecule has 1 saturated heterocycles. The highest BCUT2D eigenvalue weighted by atomic mass is 32.2. The molecule has 1 N–H and O–H groups in total. The van der Waals surface area contributed by atoms with Crippen molar-refractivity contribution in [3.8, 4) is 0 Å². The van der Waals surface area contributed by atoms with Crippen LogP contribution >= 0.6 is 0 Å². The summed E-state index contributed by atoms with van der Waals surface area (Å²) in [5.74, 6) is 0. The second-order valence-corrected chi connectivity index (χ2v) is 8.63. The van der Waals surface area contributed by atoms with Crippen LogP contribution < -0.4 is 5.32 Å². The Hall–Kier alpha value is -0.910. The number of benzene rings is 1. The van der Waals surface area contributed by atoms with Crippen LogP contribution in [0.1, 0.15) is 45.2 Å². The minimum absolute atomic E-state index is 0.0567. The predicted molar refractivity (Wildman–Crippen MR) is 85.7 cm³/mol. The Kier molecular flexibility index (Phi) is 4.76. The first-order valence-corrected chi connectivity index (χ1v) is 8.98. The predicted octanol–water partition coefficient (Wildman–Crippen LogP) is 2.78.